The number of nitrogens with one attached hydrogen (secondary N) is 1. The van der Waals surface area contributed by atoms with Crippen LogP contribution < -0.4 is 5.32 Å². The van der Waals surface area contributed by atoms with E-state index in [-0.39, 0.29) is 0 Å². The second kappa shape index (κ2) is 5.96. The van der Waals surface area contributed by atoms with Crippen molar-refractivity contribution >= 4 is 11.0 Å². The zero-order valence-corrected chi connectivity index (χ0v) is 13.4. The largest absolute Gasteiger partial charge is 0.332 e. The molecule has 0 unspecified atom stereocenters. The minimum absolute atomic E-state index is 0.349. The summed E-state index contributed by atoms with van der Waals surface area (Å²) in [6.07, 6.45) is 5.30. The van der Waals surface area contributed by atoms with E-state index in [0.29, 0.717) is 11.5 Å². The van der Waals surface area contributed by atoms with Crippen molar-refractivity contribution in [3.63, 3.8) is 0 Å². The first-order chi connectivity index (χ1) is 9.37. The maximum Gasteiger partial charge on any atom is 0.140 e. The third-order valence-electron chi connectivity index (χ3n) is 3.52. The molecule has 2 aromatic heterocycles. The topological polar surface area (TPSA) is 29.9 Å². The van der Waals surface area contributed by atoms with Gasteiger partial charge in [0.1, 0.15) is 5.65 Å². The van der Waals surface area contributed by atoms with Crippen LogP contribution in [0.25, 0.3) is 11.0 Å². The summed E-state index contributed by atoms with van der Waals surface area (Å²) in [5.41, 5.74) is 2.80. The van der Waals surface area contributed by atoms with Crippen molar-refractivity contribution in [2.24, 2.45) is 5.41 Å². The molecule has 2 heterocycles. The molecule has 0 atom stereocenters. The molecule has 3 heteroatoms. The van der Waals surface area contributed by atoms with Crippen LogP contribution in [0.5, 0.6) is 0 Å². The van der Waals surface area contributed by atoms with E-state index < -0.39 is 0 Å². The third kappa shape index (κ3) is 3.83. The molecule has 1 N–H and O–H groups in total. The van der Waals surface area contributed by atoms with Crippen LogP contribution in [0.4, 0.5) is 0 Å². The lowest BCUT2D eigenvalue weighted by Crippen LogP contribution is -2.21. The van der Waals surface area contributed by atoms with E-state index in [2.05, 4.69) is 61.7 Å². The van der Waals surface area contributed by atoms with Gasteiger partial charge in [-0.15, -0.1) is 0 Å². The maximum atomic E-state index is 4.56. The van der Waals surface area contributed by atoms with Gasteiger partial charge in [0, 0.05) is 36.9 Å². The van der Waals surface area contributed by atoms with Crippen LogP contribution >= 0.6 is 0 Å². The van der Waals surface area contributed by atoms with Crippen molar-refractivity contribution in [3.05, 3.63) is 30.1 Å². The fourth-order valence-electron chi connectivity index (χ4n) is 2.28. The van der Waals surface area contributed by atoms with Gasteiger partial charge in [-0.2, -0.15) is 0 Å². The molecule has 0 saturated carbocycles. The highest BCUT2D eigenvalue weighted by molar-refractivity contribution is 5.80. The van der Waals surface area contributed by atoms with Crippen molar-refractivity contribution in [2.75, 3.05) is 0 Å². The Balaban J connectivity index is 2.26. The highest BCUT2D eigenvalue weighted by Crippen LogP contribution is 2.24. The number of nitrogens with zero attached hydrogens (tertiary/aromatic N) is 2. The Morgan fingerprint density at radius 3 is 2.70 bits per heavy atom. The molecule has 3 nitrogen and oxygen atoms in total. The molecule has 0 fully saturated rings. The van der Waals surface area contributed by atoms with Crippen LogP contribution in [0.1, 0.15) is 46.6 Å². The molecular formula is C17H27N3. The van der Waals surface area contributed by atoms with Crippen LogP contribution in [0.3, 0.4) is 0 Å². The van der Waals surface area contributed by atoms with Crippen molar-refractivity contribution in [1.82, 2.24) is 14.9 Å². The van der Waals surface area contributed by atoms with Crippen LogP contribution in [0, 0.1) is 5.41 Å². The molecule has 2 aromatic rings. The Labute approximate surface area is 122 Å². The van der Waals surface area contributed by atoms with Crippen molar-refractivity contribution in [2.45, 2.75) is 60.2 Å². The number of aryl methyl sites for hydroxylation is 1. The molecule has 2 rings (SSSR count). The van der Waals surface area contributed by atoms with Crippen LogP contribution in [-0.4, -0.2) is 15.6 Å². The highest BCUT2D eigenvalue weighted by Gasteiger charge is 2.13. The van der Waals surface area contributed by atoms with Crippen molar-refractivity contribution in [3.8, 4) is 0 Å². The lowest BCUT2D eigenvalue weighted by molar-refractivity contribution is 0.352. The van der Waals surface area contributed by atoms with E-state index in [9.17, 15) is 0 Å². The third-order valence-corrected chi connectivity index (χ3v) is 3.52. The second-order valence-electron chi connectivity index (χ2n) is 7.07. The molecule has 0 spiro atoms. The van der Waals surface area contributed by atoms with Gasteiger partial charge in [-0.1, -0.05) is 34.6 Å². The Bertz CT molecular complexity index is 561. The lowest BCUT2D eigenvalue weighted by Gasteiger charge is -2.18. The van der Waals surface area contributed by atoms with E-state index >= 15 is 0 Å². The molecule has 0 radical (unpaired) electrons. The van der Waals surface area contributed by atoms with Crippen LogP contribution in [0.2, 0.25) is 0 Å². The molecule has 20 heavy (non-hydrogen) atoms. The van der Waals surface area contributed by atoms with Gasteiger partial charge < -0.3 is 9.88 Å². The van der Waals surface area contributed by atoms with Crippen LogP contribution in [-0.2, 0) is 13.1 Å². The Morgan fingerprint density at radius 1 is 1.30 bits per heavy atom. The minimum Gasteiger partial charge on any atom is -0.332 e. The van der Waals surface area contributed by atoms with E-state index in [1.165, 1.54) is 10.9 Å². The number of fused-ring (bicyclic) bond motifs is 1. The summed E-state index contributed by atoms with van der Waals surface area (Å²) < 4.78 is 2.30. The Kier molecular flexibility index (Phi) is 4.48. The monoisotopic (exact) mass is 273 g/mol. The molecule has 0 aliphatic heterocycles. The molecular weight excluding hydrogens is 246 g/mol. The summed E-state index contributed by atoms with van der Waals surface area (Å²) >= 11 is 0. The van der Waals surface area contributed by atoms with Gasteiger partial charge in [0.2, 0.25) is 0 Å². The van der Waals surface area contributed by atoms with Gasteiger partial charge in [0.25, 0.3) is 0 Å². The van der Waals surface area contributed by atoms with E-state index in [1.54, 1.807) is 0 Å². The van der Waals surface area contributed by atoms with Gasteiger partial charge in [-0.25, -0.2) is 4.98 Å². The normalized spacial score (nSPS) is 12.5. The first-order valence-electron chi connectivity index (χ1n) is 7.53. The number of aromatic nitrogens is 2. The molecule has 0 bridgehead atoms. The van der Waals surface area contributed by atoms with Gasteiger partial charge >= 0.3 is 0 Å². The Hall–Kier alpha value is -1.35. The quantitative estimate of drug-likeness (QED) is 0.893. The van der Waals surface area contributed by atoms with E-state index in [1.807, 2.05) is 12.3 Å². The lowest BCUT2D eigenvalue weighted by atomic mass is 9.92. The fraction of sp³-hybridized carbons (Fsp3) is 0.588. The summed E-state index contributed by atoms with van der Waals surface area (Å²) in [4.78, 5) is 4.56. The Morgan fingerprint density at radius 2 is 2.05 bits per heavy atom. The SMILES string of the molecule is CC(C)NCc1cn(CCC(C)(C)C)c2ncccc12. The molecule has 110 valence electrons. The van der Waals surface area contributed by atoms with Gasteiger partial charge in [0.15, 0.2) is 0 Å². The average Bonchev–Trinajstić information content (AvgIpc) is 2.71. The summed E-state index contributed by atoms with van der Waals surface area (Å²) in [6.45, 7) is 13.1. The molecule has 0 amide bonds. The molecule has 0 aromatic carbocycles. The highest BCUT2D eigenvalue weighted by atomic mass is 15.0. The van der Waals surface area contributed by atoms with Gasteiger partial charge in [-0.3, -0.25) is 0 Å². The van der Waals surface area contributed by atoms with Gasteiger partial charge in [-0.05, 0) is 29.5 Å². The summed E-state index contributed by atoms with van der Waals surface area (Å²) in [7, 11) is 0. The van der Waals surface area contributed by atoms with Gasteiger partial charge in [0.05, 0.1) is 0 Å². The predicted molar refractivity (Wildman–Crippen MR) is 85.8 cm³/mol. The fourth-order valence-corrected chi connectivity index (χ4v) is 2.28. The number of hydrogen-bond acceptors (Lipinski definition) is 2. The summed E-state index contributed by atoms with van der Waals surface area (Å²) in [6, 6.07) is 4.70. The standard InChI is InChI=1S/C17H27N3/c1-13(2)19-11-14-12-20(10-8-17(3,4)5)16-15(14)7-6-9-18-16/h6-7,9,12-13,19H,8,10-11H2,1-5H3. The van der Waals surface area contributed by atoms with Crippen molar-refractivity contribution < 1.29 is 0 Å². The number of rotatable bonds is 5. The van der Waals surface area contributed by atoms with Crippen LogP contribution in [0.15, 0.2) is 24.5 Å². The molecule has 0 aliphatic rings. The summed E-state index contributed by atoms with van der Waals surface area (Å²) in [5, 5.41) is 4.77. The maximum absolute atomic E-state index is 4.56. The first-order valence-corrected chi connectivity index (χ1v) is 7.53. The average molecular weight is 273 g/mol. The first kappa shape index (κ1) is 15.0. The summed E-state index contributed by atoms with van der Waals surface area (Å²) in [5.74, 6) is 0. The second-order valence-corrected chi connectivity index (χ2v) is 7.07. The smallest absolute Gasteiger partial charge is 0.140 e. The number of hydrogen-bond donors (Lipinski definition) is 1. The minimum atomic E-state index is 0.349. The van der Waals surface area contributed by atoms with E-state index in [0.717, 1.165) is 25.2 Å². The predicted octanol–water partition coefficient (Wildman–Crippen LogP) is 3.97. The zero-order chi connectivity index (χ0) is 14.8. The zero-order valence-electron chi connectivity index (χ0n) is 13.4. The molecule has 0 saturated heterocycles. The molecule has 0 aliphatic carbocycles. The number of pyridine rings is 1. The van der Waals surface area contributed by atoms with E-state index in [4.69, 9.17) is 0 Å². The van der Waals surface area contributed by atoms with Crippen molar-refractivity contribution in [1.29, 1.82) is 0 Å².